The fraction of sp³-hybridized carbons (Fsp3) is 0.333. The average molecular weight is 371 g/mol. The van der Waals surface area contributed by atoms with Crippen molar-refractivity contribution in [3.8, 4) is 11.5 Å². The first kappa shape index (κ1) is 20.3. The van der Waals surface area contributed by atoms with Gasteiger partial charge in [0, 0.05) is 0 Å². The summed E-state index contributed by atoms with van der Waals surface area (Å²) in [5.41, 5.74) is 2.50. The smallest absolute Gasteiger partial charge is 0.310 e. The molecule has 0 aliphatic carbocycles. The Morgan fingerprint density at radius 1 is 1.07 bits per heavy atom. The summed E-state index contributed by atoms with van der Waals surface area (Å²) in [5.74, 6) is 0.344. The molecule has 6 nitrogen and oxygen atoms in total. The molecule has 0 spiro atoms. The highest BCUT2D eigenvalue weighted by Gasteiger charge is 2.19. The van der Waals surface area contributed by atoms with Crippen molar-refractivity contribution in [1.29, 1.82) is 0 Å². The highest BCUT2D eigenvalue weighted by Crippen LogP contribution is 2.25. The number of hydrogen-bond donors (Lipinski definition) is 1. The highest BCUT2D eigenvalue weighted by atomic mass is 16.5. The van der Waals surface area contributed by atoms with Crippen LogP contribution in [0.3, 0.4) is 0 Å². The van der Waals surface area contributed by atoms with Crippen molar-refractivity contribution < 1.29 is 23.8 Å². The van der Waals surface area contributed by atoms with Crippen molar-refractivity contribution in [1.82, 2.24) is 0 Å². The Kier molecular flexibility index (Phi) is 7.23. The van der Waals surface area contributed by atoms with Gasteiger partial charge >= 0.3 is 5.97 Å². The van der Waals surface area contributed by atoms with Crippen molar-refractivity contribution in [2.75, 3.05) is 19.0 Å². The van der Waals surface area contributed by atoms with Crippen LogP contribution in [0.5, 0.6) is 11.5 Å². The molecule has 0 heterocycles. The largest absolute Gasteiger partial charge is 0.495 e. The number of para-hydroxylation sites is 1. The zero-order valence-electron chi connectivity index (χ0n) is 16.1. The first-order valence-electron chi connectivity index (χ1n) is 8.74. The summed E-state index contributed by atoms with van der Waals surface area (Å²) in [4.78, 5) is 24.2. The number of amides is 1. The standard InChI is InChI=1S/C21H25NO5/c1-14-9-10-19(25-4)17(13-14)22-21(24)16(3)27-20(23)11-12-26-18-8-6-5-7-15(18)2/h5-10,13,16H,11-12H2,1-4H3,(H,22,24). The van der Waals surface area contributed by atoms with E-state index in [4.69, 9.17) is 14.2 Å². The molecular weight excluding hydrogens is 346 g/mol. The number of methoxy groups -OCH3 is 1. The van der Waals surface area contributed by atoms with Gasteiger partial charge < -0.3 is 19.5 Å². The molecule has 0 aliphatic rings. The summed E-state index contributed by atoms with van der Waals surface area (Å²) >= 11 is 0. The number of anilines is 1. The van der Waals surface area contributed by atoms with E-state index in [9.17, 15) is 9.59 Å². The van der Waals surface area contributed by atoms with Crippen molar-refractivity contribution in [2.24, 2.45) is 0 Å². The highest BCUT2D eigenvalue weighted by molar-refractivity contribution is 5.96. The third-order valence-corrected chi connectivity index (χ3v) is 3.95. The summed E-state index contributed by atoms with van der Waals surface area (Å²) in [5, 5.41) is 2.72. The number of carbonyl (C=O) groups excluding carboxylic acids is 2. The number of aryl methyl sites for hydroxylation is 2. The van der Waals surface area contributed by atoms with E-state index in [1.807, 2.05) is 44.2 Å². The van der Waals surface area contributed by atoms with Gasteiger partial charge in [-0.1, -0.05) is 24.3 Å². The number of ether oxygens (including phenoxy) is 3. The molecule has 0 aliphatic heterocycles. The van der Waals surface area contributed by atoms with Crippen molar-refractivity contribution in [2.45, 2.75) is 33.3 Å². The number of benzene rings is 2. The molecule has 0 saturated heterocycles. The minimum atomic E-state index is -0.929. The second-order valence-corrected chi connectivity index (χ2v) is 6.19. The average Bonchev–Trinajstić information content (AvgIpc) is 2.63. The Bertz CT molecular complexity index is 803. The fourth-order valence-electron chi connectivity index (χ4n) is 2.43. The molecule has 2 aromatic rings. The first-order chi connectivity index (χ1) is 12.9. The van der Waals surface area contributed by atoms with Crippen LogP contribution >= 0.6 is 0 Å². The molecule has 0 radical (unpaired) electrons. The third kappa shape index (κ3) is 6.02. The zero-order chi connectivity index (χ0) is 19.8. The summed E-state index contributed by atoms with van der Waals surface area (Å²) in [6, 6.07) is 13.0. The lowest BCUT2D eigenvalue weighted by Crippen LogP contribution is -2.30. The lowest BCUT2D eigenvalue weighted by atomic mass is 10.2. The maximum Gasteiger partial charge on any atom is 0.310 e. The molecular formula is C21H25NO5. The maximum atomic E-state index is 12.3. The van der Waals surface area contributed by atoms with Crippen LogP contribution in [0, 0.1) is 13.8 Å². The molecule has 1 atom stereocenters. The van der Waals surface area contributed by atoms with E-state index in [-0.39, 0.29) is 13.0 Å². The van der Waals surface area contributed by atoms with Gasteiger partial charge in [0.05, 0.1) is 25.8 Å². The monoisotopic (exact) mass is 371 g/mol. The predicted octanol–water partition coefficient (Wildman–Crippen LogP) is 3.65. The van der Waals surface area contributed by atoms with Crippen LogP contribution in [-0.2, 0) is 14.3 Å². The SMILES string of the molecule is COc1ccc(C)cc1NC(=O)C(C)OC(=O)CCOc1ccccc1C. The van der Waals surface area contributed by atoms with E-state index >= 15 is 0 Å². The molecule has 0 fully saturated rings. The Hall–Kier alpha value is -3.02. The van der Waals surface area contributed by atoms with E-state index in [1.54, 1.807) is 12.1 Å². The van der Waals surface area contributed by atoms with E-state index in [0.717, 1.165) is 16.9 Å². The van der Waals surface area contributed by atoms with Gasteiger partial charge in [0.1, 0.15) is 11.5 Å². The van der Waals surface area contributed by atoms with Crippen molar-refractivity contribution >= 4 is 17.6 Å². The van der Waals surface area contributed by atoms with E-state index in [2.05, 4.69) is 5.32 Å². The number of hydrogen-bond acceptors (Lipinski definition) is 5. The summed E-state index contributed by atoms with van der Waals surface area (Å²) in [7, 11) is 1.53. The van der Waals surface area contributed by atoms with E-state index in [1.165, 1.54) is 14.0 Å². The molecule has 2 aromatic carbocycles. The quantitative estimate of drug-likeness (QED) is 0.717. The number of rotatable bonds is 8. The Morgan fingerprint density at radius 3 is 2.52 bits per heavy atom. The molecule has 27 heavy (non-hydrogen) atoms. The first-order valence-corrected chi connectivity index (χ1v) is 8.74. The number of carbonyl (C=O) groups is 2. The van der Waals surface area contributed by atoms with Gasteiger partial charge in [-0.05, 0) is 50.1 Å². The fourth-order valence-corrected chi connectivity index (χ4v) is 2.43. The van der Waals surface area contributed by atoms with Crippen LogP contribution in [0.15, 0.2) is 42.5 Å². The molecule has 0 saturated carbocycles. The van der Waals surface area contributed by atoms with Gasteiger partial charge in [0.15, 0.2) is 6.10 Å². The predicted molar refractivity (Wildman–Crippen MR) is 103 cm³/mol. The molecule has 1 N–H and O–H groups in total. The second-order valence-electron chi connectivity index (χ2n) is 6.19. The zero-order valence-corrected chi connectivity index (χ0v) is 16.1. The summed E-state index contributed by atoms with van der Waals surface area (Å²) in [6.45, 7) is 5.55. The maximum absolute atomic E-state index is 12.3. The van der Waals surface area contributed by atoms with Crippen LogP contribution in [0.2, 0.25) is 0 Å². The minimum Gasteiger partial charge on any atom is -0.495 e. The molecule has 2 rings (SSSR count). The molecule has 1 unspecified atom stereocenters. The Labute approximate surface area is 159 Å². The van der Waals surface area contributed by atoms with Gasteiger partial charge in [-0.25, -0.2) is 0 Å². The van der Waals surface area contributed by atoms with Crippen LogP contribution in [0.4, 0.5) is 5.69 Å². The molecule has 6 heteroatoms. The van der Waals surface area contributed by atoms with Gasteiger partial charge in [0.25, 0.3) is 5.91 Å². The van der Waals surface area contributed by atoms with Crippen molar-refractivity contribution in [3.05, 3.63) is 53.6 Å². The van der Waals surface area contributed by atoms with Crippen LogP contribution < -0.4 is 14.8 Å². The Morgan fingerprint density at radius 2 is 1.81 bits per heavy atom. The van der Waals surface area contributed by atoms with Crippen LogP contribution in [-0.4, -0.2) is 31.7 Å². The summed E-state index contributed by atoms with van der Waals surface area (Å²) < 4.78 is 16.0. The minimum absolute atomic E-state index is 0.0553. The van der Waals surface area contributed by atoms with Gasteiger partial charge in [0.2, 0.25) is 0 Å². The van der Waals surface area contributed by atoms with Crippen LogP contribution in [0.25, 0.3) is 0 Å². The van der Waals surface area contributed by atoms with Gasteiger partial charge in [-0.15, -0.1) is 0 Å². The van der Waals surface area contributed by atoms with E-state index < -0.39 is 18.0 Å². The molecule has 1 amide bonds. The topological polar surface area (TPSA) is 73.9 Å². The molecule has 0 aromatic heterocycles. The second kappa shape index (κ2) is 9.62. The molecule has 0 bridgehead atoms. The third-order valence-electron chi connectivity index (χ3n) is 3.95. The van der Waals surface area contributed by atoms with Crippen LogP contribution in [0.1, 0.15) is 24.5 Å². The molecule has 144 valence electrons. The Balaban J connectivity index is 1.82. The normalized spacial score (nSPS) is 11.4. The summed E-state index contributed by atoms with van der Waals surface area (Å²) in [6.07, 6.45) is -0.874. The van der Waals surface area contributed by atoms with E-state index in [0.29, 0.717) is 11.4 Å². The lowest BCUT2D eigenvalue weighted by Gasteiger charge is -2.16. The van der Waals surface area contributed by atoms with Gasteiger partial charge in [-0.2, -0.15) is 0 Å². The van der Waals surface area contributed by atoms with Crippen molar-refractivity contribution in [3.63, 3.8) is 0 Å². The number of esters is 1. The lowest BCUT2D eigenvalue weighted by molar-refractivity contribution is -0.153. The number of nitrogens with one attached hydrogen (secondary N) is 1. The van der Waals surface area contributed by atoms with Gasteiger partial charge in [-0.3, -0.25) is 9.59 Å².